The van der Waals surface area contributed by atoms with E-state index >= 15 is 0 Å². The molecule has 1 aliphatic rings. The van der Waals surface area contributed by atoms with E-state index in [1.807, 2.05) is 26.0 Å². The molecule has 2 rings (SSSR count). The predicted molar refractivity (Wildman–Crippen MR) is 68.5 cm³/mol. The second-order valence-corrected chi connectivity index (χ2v) is 20.3. The van der Waals surface area contributed by atoms with Gasteiger partial charge in [-0.1, -0.05) is 0 Å². The van der Waals surface area contributed by atoms with Crippen LogP contribution in [0.15, 0.2) is 18.2 Å². The molecular formula is C13H18O2Sn. The molecule has 0 fully saturated rings. The summed E-state index contributed by atoms with van der Waals surface area (Å²) >= 11 is -2.20. The number of Topliss-reactive ketones (excluding diaryl/α,β-unsaturated/α-hetero) is 1. The third kappa shape index (κ3) is 1.77. The van der Waals surface area contributed by atoms with Gasteiger partial charge in [-0.3, -0.25) is 0 Å². The zero-order chi connectivity index (χ0) is 12.1. The van der Waals surface area contributed by atoms with E-state index in [0.717, 1.165) is 11.3 Å². The number of para-hydroxylation sites is 1. The van der Waals surface area contributed by atoms with E-state index in [2.05, 4.69) is 20.9 Å². The summed E-state index contributed by atoms with van der Waals surface area (Å²) < 4.78 is 7.18. The molecule has 16 heavy (non-hydrogen) atoms. The Hall–Kier alpha value is -0.511. The molecule has 0 amide bonds. The third-order valence-corrected chi connectivity index (χ3v) is 8.71. The number of ketones is 1. The van der Waals surface area contributed by atoms with Crippen molar-refractivity contribution in [3.63, 3.8) is 0 Å². The maximum atomic E-state index is 12.1. The molecule has 0 radical (unpaired) electrons. The van der Waals surface area contributed by atoms with Crippen molar-refractivity contribution in [2.24, 2.45) is 0 Å². The number of ether oxygens (including phenoxy) is 1. The molecule has 1 aliphatic heterocycles. The van der Waals surface area contributed by atoms with Crippen LogP contribution in [0, 0.1) is 0 Å². The van der Waals surface area contributed by atoms with Crippen LogP contribution in [0.2, 0.25) is 14.8 Å². The van der Waals surface area contributed by atoms with E-state index in [0.29, 0.717) is 0 Å². The molecule has 0 saturated carbocycles. The average molecular weight is 325 g/mol. The third-order valence-electron chi connectivity index (χ3n) is 2.97. The fourth-order valence-corrected chi connectivity index (χ4v) is 6.22. The first-order valence-electron chi connectivity index (χ1n) is 5.61. The Morgan fingerprint density at radius 2 is 1.81 bits per heavy atom. The normalized spacial score (nSPS) is 18.2. The summed E-state index contributed by atoms with van der Waals surface area (Å²) in [5.74, 6) is 0.973. The number of hydrogen-bond acceptors (Lipinski definition) is 2. The molecule has 0 saturated heterocycles. The average Bonchev–Trinajstić information content (AvgIpc) is 2.36. The molecular weight excluding hydrogens is 307 g/mol. The Kier molecular flexibility index (Phi) is 2.61. The van der Waals surface area contributed by atoms with E-state index in [1.54, 1.807) is 0 Å². The Labute approximate surface area is 101 Å². The van der Waals surface area contributed by atoms with E-state index in [-0.39, 0.29) is 5.78 Å². The molecule has 86 valence electrons. The molecule has 0 unspecified atom stereocenters. The molecule has 1 aromatic rings. The van der Waals surface area contributed by atoms with Gasteiger partial charge in [-0.15, -0.1) is 0 Å². The van der Waals surface area contributed by atoms with Crippen LogP contribution in [-0.2, 0) is 0 Å². The topological polar surface area (TPSA) is 26.3 Å². The van der Waals surface area contributed by atoms with Crippen molar-refractivity contribution in [3.05, 3.63) is 23.8 Å². The number of hydrogen-bond donors (Lipinski definition) is 0. The summed E-state index contributed by atoms with van der Waals surface area (Å²) in [4.78, 5) is 19.1. The van der Waals surface area contributed by atoms with Crippen LogP contribution in [0.5, 0.6) is 5.75 Å². The maximum absolute atomic E-state index is 12.1. The summed E-state index contributed by atoms with van der Waals surface area (Å²) in [6, 6.07) is 6.00. The summed E-state index contributed by atoms with van der Waals surface area (Å²) in [7, 11) is 0. The van der Waals surface area contributed by atoms with Crippen LogP contribution >= 0.6 is 0 Å². The van der Waals surface area contributed by atoms with Crippen molar-refractivity contribution >= 4 is 27.7 Å². The molecule has 1 aromatic carbocycles. The molecule has 0 atom stereocenters. The quantitative estimate of drug-likeness (QED) is 0.742. The van der Waals surface area contributed by atoms with Gasteiger partial charge >= 0.3 is 101 Å². The second-order valence-electron chi connectivity index (χ2n) is 5.87. The van der Waals surface area contributed by atoms with Crippen molar-refractivity contribution in [3.8, 4) is 5.75 Å². The van der Waals surface area contributed by atoms with E-state index < -0.39 is 24.0 Å². The molecule has 0 aliphatic carbocycles. The van der Waals surface area contributed by atoms with Crippen molar-refractivity contribution in [1.82, 2.24) is 0 Å². The van der Waals surface area contributed by atoms with Gasteiger partial charge in [0.1, 0.15) is 0 Å². The molecule has 0 aromatic heterocycles. The number of benzene rings is 1. The summed E-state index contributed by atoms with van der Waals surface area (Å²) in [6.45, 7) is 3.69. The zero-order valence-corrected chi connectivity index (χ0v) is 13.4. The molecule has 2 nitrogen and oxygen atoms in total. The van der Waals surface area contributed by atoms with Crippen molar-refractivity contribution in [1.29, 1.82) is 0 Å². The number of carbonyl (C=O) groups excluding carboxylic acids is 1. The Morgan fingerprint density at radius 1 is 1.19 bits per heavy atom. The second kappa shape index (κ2) is 3.49. The molecule has 1 heterocycles. The van der Waals surface area contributed by atoms with E-state index in [4.69, 9.17) is 4.74 Å². The molecule has 3 heteroatoms. The van der Waals surface area contributed by atoms with Crippen molar-refractivity contribution in [2.75, 3.05) is 0 Å². The fourth-order valence-electron chi connectivity index (χ4n) is 2.04. The van der Waals surface area contributed by atoms with Gasteiger partial charge in [0.25, 0.3) is 0 Å². The van der Waals surface area contributed by atoms with Crippen LogP contribution in [0.1, 0.15) is 24.2 Å². The number of fused-ring (bicyclic) bond motifs is 1. The standard InChI is InChI=1S/C10H9O2.3CH3.Sn/c1-10(2)9(11)7-5-3-4-6-8(7)12-10;;;;/h3-5H,1-2H3;3*1H3;. The van der Waals surface area contributed by atoms with E-state index in [1.165, 1.54) is 3.58 Å². The monoisotopic (exact) mass is 326 g/mol. The van der Waals surface area contributed by atoms with Crippen LogP contribution in [-0.4, -0.2) is 29.8 Å². The van der Waals surface area contributed by atoms with Crippen molar-refractivity contribution in [2.45, 2.75) is 34.3 Å². The Morgan fingerprint density at radius 3 is 2.38 bits per heavy atom. The Bertz CT molecular complexity index is 455. The van der Waals surface area contributed by atoms with Gasteiger partial charge in [-0.2, -0.15) is 0 Å². The van der Waals surface area contributed by atoms with Crippen molar-refractivity contribution < 1.29 is 9.53 Å². The van der Waals surface area contributed by atoms with Gasteiger partial charge in [-0.25, -0.2) is 0 Å². The predicted octanol–water partition coefficient (Wildman–Crippen LogP) is 2.59. The molecule has 0 N–H and O–H groups in total. The first kappa shape index (κ1) is 12.0. The fraction of sp³-hybridized carbons (Fsp3) is 0.462. The van der Waals surface area contributed by atoms with Gasteiger partial charge in [0, 0.05) is 0 Å². The molecule has 0 bridgehead atoms. The van der Waals surface area contributed by atoms with Crippen LogP contribution < -0.4 is 8.32 Å². The molecule has 0 spiro atoms. The number of rotatable bonds is 1. The minimum absolute atomic E-state index is 0.111. The first-order valence-corrected chi connectivity index (χ1v) is 15.6. The van der Waals surface area contributed by atoms with Crippen LogP contribution in [0.3, 0.4) is 0 Å². The van der Waals surface area contributed by atoms with E-state index in [9.17, 15) is 4.79 Å². The van der Waals surface area contributed by atoms with Gasteiger partial charge < -0.3 is 0 Å². The van der Waals surface area contributed by atoms with Gasteiger partial charge in [0.15, 0.2) is 0 Å². The van der Waals surface area contributed by atoms with Gasteiger partial charge in [-0.05, 0) is 0 Å². The van der Waals surface area contributed by atoms with Gasteiger partial charge in [0.05, 0.1) is 0 Å². The number of carbonyl (C=O) groups is 1. The van der Waals surface area contributed by atoms with Crippen LogP contribution in [0.25, 0.3) is 0 Å². The van der Waals surface area contributed by atoms with Gasteiger partial charge in [0.2, 0.25) is 0 Å². The van der Waals surface area contributed by atoms with Crippen LogP contribution in [0.4, 0.5) is 0 Å². The summed E-state index contributed by atoms with van der Waals surface area (Å²) in [6.07, 6.45) is 0. The zero-order valence-electron chi connectivity index (χ0n) is 10.5. The Balaban J connectivity index is 2.63. The SMILES string of the molecule is CC1(C)Oc2c(ccc[c]2[Sn]([CH3])([CH3])[CH3])C1=O. The minimum atomic E-state index is -2.20. The summed E-state index contributed by atoms with van der Waals surface area (Å²) in [5.41, 5.74) is 0.0874. The first-order chi connectivity index (χ1) is 7.23. The summed E-state index contributed by atoms with van der Waals surface area (Å²) in [5, 5.41) is 0.